The zero-order valence-electron chi connectivity index (χ0n) is 14.1. The van der Waals surface area contributed by atoms with Crippen molar-refractivity contribution in [3.63, 3.8) is 0 Å². The van der Waals surface area contributed by atoms with Crippen molar-refractivity contribution < 1.29 is 13.3 Å². The van der Waals surface area contributed by atoms with Crippen LogP contribution in [0.2, 0.25) is 0 Å². The summed E-state index contributed by atoms with van der Waals surface area (Å²) in [5, 5.41) is 20.5. The summed E-state index contributed by atoms with van der Waals surface area (Å²) >= 11 is 0. The summed E-state index contributed by atoms with van der Waals surface area (Å²) in [6, 6.07) is 7.07. The van der Waals surface area contributed by atoms with E-state index >= 15 is 0 Å². The van der Waals surface area contributed by atoms with Gasteiger partial charge in [0.15, 0.2) is 0 Å². The lowest BCUT2D eigenvalue weighted by atomic mass is 9.71. The highest BCUT2D eigenvalue weighted by atomic mass is 32.2. The van der Waals surface area contributed by atoms with Gasteiger partial charge in [-0.25, -0.2) is 8.42 Å². The third kappa shape index (κ3) is 3.02. The van der Waals surface area contributed by atoms with Gasteiger partial charge < -0.3 is 0 Å². The van der Waals surface area contributed by atoms with E-state index in [-0.39, 0.29) is 16.0 Å². The minimum Gasteiger partial charge on any atom is -0.258 e. The zero-order chi connectivity index (χ0) is 18.3. The molecule has 1 atom stereocenters. The molecular weight excluding hydrogens is 342 g/mol. The molecule has 1 aromatic rings. The van der Waals surface area contributed by atoms with E-state index in [4.69, 9.17) is 0 Å². The molecule has 1 aliphatic carbocycles. The Bertz CT molecular complexity index is 822. The van der Waals surface area contributed by atoms with E-state index < -0.39 is 20.5 Å². The molecule has 0 N–H and O–H groups in total. The van der Waals surface area contributed by atoms with Crippen molar-refractivity contribution in [1.29, 1.82) is 5.26 Å². The van der Waals surface area contributed by atoms with Crippen molar-refractivity contribution in [3.05, 3.63) is 34.4 Å². The van der Waals surface area contributed by atoms with Gasteiger partial charge in [0, 0.05) is 18.7 Å². The van der Waals surface area contributed by atoms with Gasteiger partial charge in [0.1, 0.15) is 5.54 Å². The number of nitro groups is 1. The van der Waals surface area contributed by atoms with E-state index in [0.717, 1.165) is 32.1 Å². The highest BCUT2D eigenvalue weighted by Gasteiger charge is 2.55. The second-order valence-corrected chi connectivity index (χ2v) is 9.25. The molecule has 134 valence electrons. The summed E-state index contributed by atoms with van der Waals surface area (Å²) in [5.74, 6) is 0. The first-order chi connectivity index (χ1) is 11.7. The molecule has 0 aromatic heterocycles. The first kappa shape index (κ1) is 17.8. The minimum atomic E-state index is -3.89. The maximum atomic E-state index is 13.1. The maximum absolute atomic E-state index is 13.1. The lowest BCUT2D eigenvalue weighted by Gasteiger charge is -2.33. The minimum absolute atomic E-state index is 0.00701. The topological polar surface area (TPSA) is 104 Å². The second kappa shape index (κ2) is 6.07. The molecule has 1 aromatic carbocycles. The molecule has 25 heavy (non-hydrogen) atoms. The van der Waals surface area contributed by atoms with Crippen LogP contribution in [0.15, 0.2) is 29.2 Å². The smallest absolute Gasteiger partial charge is 0.258 e. The van der Waals surface area contributed by atoms with Gasteiger partial charge in [0.25, 0.3) is 5.69 Å². The van der Waals surface area contributed by atoms with Crippen molar-refractivity contribution >= 4 is 15.7 Å². The molecule has 2 aliphatic rings. The van der Waals surface area contributed by atoms with E-state index in [2.05, 4.69) is 6.07 Å². The van der Waals surface area contributed by atoms with Crippen LogP contribution in [0, 0.1) is 26.9 Å². The Balaban J connectivity index is 1.97. The van der Waals surface area contributed by atoms with Crippen LogP contribution < -0.4 is 0 Å². The monoisotopic (exact) mass is 363 g/mol. The van der Waals surface area contributed by atoms with Crippen molar-refractivity contribution in [2.45, 2.75) is 55.9 Å². The number of hydrogen-bond acceptors (Lipinski definition) is 5. The summed E-state index contributed by atoms with van der Waals surface area (Å²) < 4.78 is 27.6. The fraction of sp³-hybridized carbons (Fsp3) is 0.588. The molecule has 0 bridgehead atoms. The van der Waals surface area contributed by atoms with Gasteiger partial charge in [-0.15, -0.1) is 0 Å². The normalized spacial score (nSPS) is 26.4. The first-order valence-corrected chi connectivity index (χ1v) is 9.85. The summed E-state index contributed by atoms with van der Waals surface area (Å²) in [5.41, 5.74) is -1.37. The molecule has 1 unspecified atom stereocenters. The number of hydrogen-bond donors (Lipinski definition) is 0. The number of benzene rings is 1. The molecule has 8 heteroatoms. The van der Waals surface area contributed by atoms with Crippen LogP contribution in [0.3, 0.4) is 0 Å². The molecule has 1 aliphatic heterocycles. The van der Waals surface area contributed by atoms with Crippen LogP contribution in [0.25, 0.3) is 0 Å². The Labute approximate surface area is 147 Å². The predicted octanol–water partition coefficient (Wildman–Crippen LogP) is 3.22. The third-order valence-corrected chi connectivity index (χ3v) is 7.52. The Morgan fingerprint density at radius 3 is 2.32 bits per heavy atom. The number of non-ortho nitro benzene ring substituents is 1. The molecule has 1 saturated heterocycles. The Kier molecular flexibility index (Phi) is 4.33. The number of nitriles is 1. The van der Waals surface area contributed by atoms with Crippen LogP contribution in [0.4, 0.5) is 5.69 Å². The molecule has 0 amide bonds. The van der Waals surface area contributed by atoms with E-state index in [9.17, 15) is 23.8 Å². The Morgan fingerprint density at radius 1 is 1.20 bits per heavy atom. The van der Waals surface area contributed by atoms with Crippen LogP contribution in [0.1, 0.15) is 45.4 Å². The average Bonchev–Trinajstić information content (AvgIpc) is 2.89. The standard InChI is InChI=1S/C17H21N3O4S/c1-16(12-18)11-17(9-3-2-4-10-17)13-19(16)25(23,24)15-7-5-14(6-8-15)20(21)22/h5-8H,2-4,9-11,13H2,1H3. The Morgan fingerprint density at radius 2 is 1.80 bits per heavy atom. The molecule has 1 spiro atoms. The van der Waals surface area contributed by atoms with Crippen molar-refractivity contribution in [3.8, 4) is 6.07 Å². The molecule has 0 radical (unpaired) electrons. The van der Waals surface area contributed by atoms with E-state index in [1.165, 1.54) is 28.6 Å². The van der Waals surface area contributed by atoms with Gasteiger partial charge >= 0.3 is 0 Å². The van der Waals surface area contributed by atoms with Crippen LogP contribution in [-0.4, -0.2) is 29.7 Å². The maximum Gasteiger partial charge on any atom is 0.269 e. The fourth-order valence-electron chi connectivity index (χ4n) is 4.30. The molecule has 1 saturated carbocycles. The number of sulfonamides is 1. The lowest BCUT2D eigenvalue weighted by Crippen LogP contribution is -2.44. The van der Waals surface area contributed by atoms with E-state index in [1.54, 1.807) is 6.92 Å². The van der Waals surface area contributed by atoms with Gasteiger partial charge in [0.05, 0.1) is 15.9 Å². The first-order valence-electron chi connectivity index (χ1n) is 8.41. The molecule has 1 heterocycles. The van der Waals surface area contributed by atoms with E-state index in [0.29, 0.717) is 13.0 Å². The highest BCUT2D eigenvalue weighted by molar-refractivity contribution is 7.89. The fourth-order valence-corrected chi connectivity index (χ4v) is 6.12. The Hall–Kier alpha value is -1.98. The van der Waals surface area contributed by atoms with Crippen LogP contribution in [0.5, 0.6) is 0 Å². The van der Waals surface area contributed by atoms with Gasteiger partial charge in [-0.2, -0.15) is 9.57 Å². The average molecular weight is 363 g/mol. The summed E-state index contributed by atoms with van der Waals surface area (Å²) in [7, 11) is -3.89. The molecular formula is C17H21N3O4S. The van der Waals surface area contributed by atoms with E-state index in [1.807, 2.05) is 0 Å². The lowest BCUT2D eigenvalue weighted by molar-refractivity contribution is -0.384. The second-order valence-electron chi connectivity index (χ2n) is 7.39. The van der Waals surface area contributed by atoms with Gasteiger partial charge in [0.2, 0.25) is 10.0 Å². The third-order valence-electron chi connectivity index (χ3n) is 5.54. The molecule has 7 nitrogen and oxygen atoms in total. The largest absolute Gasteiger partial charge is 0.269 e. The summed E-state index contributed by atoms with van der Waals surface area (Å²) in [4.78, 5) is 10.2. The van der Waals surface area contributed by atoms with Crippen LogP contribution >= 0.6 is 0 Å². The van der Waals surface area contributed by atoms with Crippen molar-refractivity contribution in [2.75, 3.05) is 6.54 Å². The van der Waals surface area contributed by atoms with Crippen molar-refractivity contribution in [1.82, 2.24) is 4.31 Å². The molecule has 3 rings (SSSR count). The number of nitro benzene ring substituents is 1. The predicted molar refractivity (Wildman–Crippen MR) is 91.1 cm³/mol. The molecule has 2 fully saturated rings. The van der Waals surface area contributed by atoms with Gasteiger partial charge in [-0.05, 0) is 43.7 Å². The van der Waals surface area contributed by atoms with Gasteiger partial charge in [-0.3, -0.25) is 10.1 Å². The van der Waals surface area contributed by atoms with Crippen LogP contribution in [-0.2, 0) is 10.0 Å². The van der Waals surface area contributed by atoms with Gasteiger partial charge in [-0.1, -0.05) is 19.3 Å². The SMILES string of the molecule is CC1(C#N)CC2(CCCCC2)CN1S(=O)(=O)c1ccc([N+](=O)[O-])cc1. The zero-order valence-corrected chi connectivity index (χ0v) is 15.0. The summed E-state index contributed by atoms with van der Waals surface area (Å²) in [6.07, 6.45) is 5.70. The quantitative estimate of drug-likeness (QED) is 0.606. The highest BCUT2D eigenvalue weighted by Crippen LogP contribution is 2.51. The summed E-state index contributed by atoms with van der Waals surface area (Å²) in [6.45, 7) is 2.02. The number of rotatable bonds is 3. The van der Waals surface area contributed by atoms with Crippen molar-refractivity contribution in [2.24, 2.45) is 5.41 Å². The number of nitrogens with zero attached hydrogens (tertiary/aromatic N) is 3.